The van der Waals surface area contributed by atoms with Gasteiger partial charge >= 0.3 is 29.8 Å². The summed E-state index contributed by atoms with van der Waals surface area (Å²) in [6.07, 6.45) is -4.26. The molecule has 0 saturated heterocycles. The van der Waals surface area contributed by atoms with Gasteiger partial charge in [-0.05, 0) is 0 Å². The molecule has 10 heteroatoms. The van der Waals surface area contributed by atoms with Crippen LogP contribution in [-0.2, 0) is 47.7 Å². The van der Waals surface area contributed by atoms with E-state index in [-0.39, 0.29) is 13.0 Å². The molecule has 0 bridgehead atoms. The lowest BCUT2D eigenvalue weighted by Crippen LogP contribution is -2.59. The standard InChI is InChI=1S/C17H24O10/c1-8(18)23-7-13-14(24-9(2)19)6-15(25-10(3)20)17(27-12(5)22)16(13)26-11(4)21/h13-17H,6-7H2,1-5H3/t13-,14+,15+,16+,17+/m1/s1. The van der Waals surface area contributed by atoms with E-state index in [1.54, 1.807) is 0 Å². The average Bonchev–Trinajstić information content (AvgIpc) is 2.48. The molecule has 0 heterocycles. The molecule has 1 rings (SSSR count). The van der Waals surface area contributed by atoms with Crippen LogP contribution < -0.4 is 0 Å². The molecule has 0 aromatic heterocycles. The number of esters is 5. The Bertz CT molecular complexity index is 599. The van der Waals surface area contributed by atoms with Crippen LogP contribution in [0.4, 0.5) is 0 Å². The Balaban J connectivity index is 3.29. The molecule has 0 aromatic rings. The Kier molecular flexibility index (Phi) is 8.20. The third kappa shape index (κ3) is 7.24. The number of carbonyl (C=O) groups is 5. The lowest BCUT2D eigenvalue weighted by Gasteiger charge is -2.43. The van der Waals surface area contributed by atoms with Crippen molar-refractivity contribution < 1.29 is 47.7 Å². The maximum atomic E-state index is 11.6. The first-order chi connectivity index (χ1) is 12.5. The molecule has 1 fully saturated rings. The van der Waals surface area contributed by atoms with E-state index in [1.165, 1.54) is 13.8 Å². The highest BCUT2D eigenvalue weighted by Gasteiger charge is 2.52. The molecule has 0 spiro atoms. The van der Waals surface area contributed by atoms with Gasteiger partial charge in [0.1, 0.15) is 18.8 Å². The van der Waals surface area contributed by atoms with Crippen LogP contribution in [0.5, 0.6) is 0 Å². The molecule has 27 heavy (non-hydrogen) atoms. The molecule has 0 radical (unpaired) electrons. The van der Waals surface area contributed by atoms with Crippen molar-refractivity contribution in [3.8, 4) is 0 Å². The van der Waals surface area contributed by atoms with Crippen molar-refractivity contribution in [2.24, 2.45) is 5.92 Å². The second kappa shape index (κ2) is 9.89. The van der Waals surface area contributed by atoms with Crippen LogP contribution in [0.3, 0.4) is 0 Å². The van der Waals surface area contributed by atoms with E-state index >= 15 is 0 Å². The van der Waals surface area contributed by atoms with Crippen molar-refractivity contribution in [2.45, 2.75) is 65.5 Å². The van der Waals surface area contributed by atoms with Gasteiger partial charge in [-0.15, -0.1) is 0 Å². The molecule has 10 nitrogen and oxygen atoms in total. The summed E-state index contributed by atoms with van der Waals surface area (Å²) < 4.78 is 26.0. The van der Waals surface area contributed by atoms with E-state index in [2.05, 4.69) is 0 Å². The second-order valence-electron chi connectivity index (χ2n) is 6.15. The fourth-order valence-electron chi connectivity index (χ4n) is 2.98. The summed E-state index contributed by atoms with van der Waals surface area (Å²) in [5.41, 5.74) is 0. The van der Waals surface area contributed by atoms with Gasteiger partial charge in [-0.1, -0.05) is 0 Å². The summed E-state index contributed by atoms with van der Waals surface area (Å²) >= 11 is 0. The summed E-state index contributed by atoms with van der Waals surface area (Å²) in [6.45, 7) is 5.57. The Morgan fingerprint density at radius 1 is 0.630 bits per heavy atom. The van der Waals surface area contributed by atoms with Gasteiger partial charge in [-0.25, -0.2) is 0 Å². The molecule has 152 valence electrons. The monoisotopic (exact) mass is 388 g/mol. The number of ether oxygens (including phenoxy) is 5. The Labute approximate surface area is 156 Å². The van der Waals surface area contributed by atoms with Crippen molar-refractivity contribution in [2.75, 3.05) is 6.61 Å². The normalized spacial score (nSPS) is 27.1. The number of hydrogen-bond donors (Lipinski definition) is 0. The fraction of sp³-hybridized carbons (Fsp3) is 0.706. The SMILES string of the molecule is CC(=O)OC[C@H]1[C@H](OC(C)=O)[C@@H](OC(C)=O)[C@@H](OC(C)=O)C[C@@H]1OC(C)=O. The zero-order valence-corrected chi connectivity index (χ0v) is 15.9. The minimum Gasteiger partial charge on any atom is -0.465 e. The fourth-order valence-corrected chi connectivity index (χ4v) is 2.98. The first-order valence-electron chi connectivity index (χ1n) is 8.33. The van der Waals surface area contributed by atoms with E-state index in [1.807, 2.05) is 0 Å². The predicted octanol–water partition coefficient (Wildman–Crippen LogP) is 0.296. The molecule has 0 N–H and O–H groups in total. The summed E-state index contributed by atoms with van der Waals surface area (Å²) in [6, 6.07) is 0. The van der Waals surface area contributed by atoms with Gasteiger partial charge < -0.3 is 23.7 Å². The van der Waals surface area contributed by atoms with Crippen LogP contribution in [0.1, 0.15) is 41.0 Å². The van der Waals surface area contributed by atoms with Crippen molar-refractivity contribution >= 4 is 29.8 Å². The average molecular weight is 388 g/mol. The minimum absolute atomic E-state index is 0.0270. The van der Waals surface area contributed by atoms with Crippen molar-refractivity contribution in [1.82, 2.24) is 0 Å². The Hall–Kier alpha value is -2.65. The maximum Gasteiger partial charge on any atom is 0.303 e. The Morgan fingerprint density at radius 2 is 1.07 bits per heavy atom. The number of rotatable bonds is 6. The summed E-state index contributed by atoms with van der Waals surface area (Å²) in [5.74, 6) is -4.08. The molecule has 1 aliphatic carbocycles. The van der Waals surface area contributed by atoms with E-state index < -0.39 is 60.2 Å². The summed E-state index contributed by atoms with van der Waals surface area (Å²) in [5, 5.41) is 0. The van der Waals surface area contributed by atoms with E-state index in [4.69, 9.17) is 23.7 Å². The highest BCUT2D eigenvalue weighted by atomic mass is 16.6. The van der Waals surface area contributed by atoms with Gasteiger partial charge in [-0.2, -0.15) is 0 Å². The molecule has 0 unspecified atom stereocenters. The molecule has 0 amide bonds. The van der Waals surface area contributed by atoms with Gasteiger partial charge in [-0.3, -0.25) is 24.0 Å². The largest absolute Gasteiger partial charge is 0.465 e. The molecule has 0 aliphatic heterocycles. The second-order valence-corrected chi connectivity index (χ2v) is 6.15. The smallest absolute Gasteiger partial charge is 0.303 e. The van der Waals surface area contributed by atoms with Gasteiger partial charge in [0.05, 0.1) is 5.92 Å². The predicted molar refractivity (Wildman–Crippen MR) is 87.0 cm³/mol. The number of carbonyl (C=O) groups excluding carboxylic acids is 5. The first-order valence-corrected chi connectivity index (χ1v) is 8.33. The molecule has 1 saturated carbocycles. The van der Waals surface area contributed by atoms with Gasteiger partial charge in [0.2, 0.25) is 0 Å². The Morgan fingerprint density at radius 3 is 1.52 bits per heavy atom. The highest BCUT2D eigenvalue weighted by molar-refractivity contribution is 5.69. The third-order valence-electron chi connectivity index (χ3n) is 3.77. The lowest BCUT2D eigenvalue weighted by molar-refractivity contribution is -0.216. The molecule has 5 atom stereocenters. The zero-order valence-electron chi connectivity index (χ0n) is 15.9. The van der Waals surface area contributed by atoms with Gasteiger partial charge in [0.15, 0.2) is 12.2 Å². The molecular weight excluding hydrogens is 364 g/mol. The highest BCUT2D eigenvalue weighted by Crippen LogP contribution is 2.34. The topological polar surface area (TPSA) is 132 Å². The van der Waals surface area contributed by atoms with Gasteiger partial charge in [0.25, 0.3) is 0 Å². The molecular formula is C17H24O10. The summed E-state index contributed by atoms with van der Waals surface area (Å²) in [7, 11) is 0. The van der Waals surface area contributed by atoms with Crippen LogP contribution in [0.25, 0.3) is 0 Å². The maximum absolute atomic E-state index is 11.6. The van der Waals surface area contributed by atoms with Crippen molar-refractivity contribution in [3.63, 3.8) is 0 Å². The first kappa shape index (κ1) is 22.4. The van der Waals surface area contributed by atoms with E-state index in [9.17, 15) is 24.0 Å². The third-order valence-corrected chi connectivity index (χ3v) is 3.77. The van der Waals surface area contributed by atoms with Crippen molar-refractivity contribution in [1.29, 1.82) is 0 Å². The van der Waals surface area contributed by atoms with Crippen LogP contribution in [0.15, 0.2) is 0 Å². The van der Waals surface area contributed by atoms with Crippen LogP contribution in [0, 0.1) is 5.92 Å². The van der Waals surface area contributed by atoms with Crippen LogP contribution >= 0.6 is 0 Å². The van der Waals surface area contributed by atoms with Crippen molar-refractivity contribution in [3.05, 3.63) is 0 Å². The van der Waals surface area contributed by atoms with Crippen LogP contribution in [-0.4, -0.2) is 60.9 Å². The zero-order chi connectivity index (χ0) is 20.7. The van der Waals surface area contributed by atoms with Crippen LogP contribution in [0.2, 0.25) is 0 Å². The van der Waals surface area contributed by atoms with E-state index in [0.29, 0.717) is 0 Å². The lowest BCUT2D eigenvalue weighted by atomic mass is 9.80. The van der Waals surface area contributed by atoms with Gasteiger partial charge in [0, 0.05) is 41.0 Å². The quantitative estimate of drug-likeness (QED) is 0.462. The van der Waals surface area contributed by atoms with E-state index in [0.717, 1.165) is 20.8 Å². The molecule has 0 aromatic carbocycles. The minimum atomic E-state index is -1.16. The summed E-state index contributed by atoms with van der Waals surface area (Å²) in [4.78, 5) is 57.3. The number of hydrogen-bond acceptors (Lipinski definition) is 10. The molecule has 1 aliphatic rings.